The number of aromatic carboxylic acids is 1. The quantitative estimate of drug-likeness (QED) is 0.821. The van der Waals surface area contributed by atoms with Crippen LogP contribution in [0.25, 0.3) is 0 Å². The summed E-state index contributed by atoms with van der Waals surface area (Å²) in [6.45, 7) is 2.27. The molecule has 1 amide bonds. The number of hydrogen-bond acceptors (Lipinski definition) is 4. The molecule has 22 heavy (non-hydrogen) atoms. The molecule has 0 unspecified atom stereocenters. The molecular formula is C15H17N3O4. The van der Waals surface area contributed by atoms with Crippen LogP contribution in [0.1, 0.15) is 33.3 Å². The summed E-state index contributed by atoms with van der Waals surface area (Å²) >= 11 is 0. The Bertz CT molecular complexity index is 667. The molecule has 7 heteroatoms. The molecule has 7 nitrogen and oxygen atoms in total. The van der Waals surface area contributed by atoms with Gasteiger partial charge >= 0.3 is 5.97 Å². The van der Waals surface area contributed by atoms with Crippen LogP contribution in [0.5, 0.6) is 0 Å². The van der Waals surface area contributed by atoms with Crippen molar-refractivity contribution >= 4 is 11.9 Å². The average Bonchev–Trinajstić information content (AvgIpc) is 2.89. The summed E-state index contributed by atoms with van der Waals surface area (Å²) in [6, 6.07) is 9.31. The van der Waals surface area contributed by atoms with Crippen LogP contribution in [0.4, 0.5) is 0 Å². The number of amides is 1. The average molecular weight is 303 g/mol. The van der Waals surface area contributed by atoms with E-state index in [4.69, 9.17) is 9.94 Å². The third-order valence-electron chi connectivity index (χ3n) is 3.05. The maximum absolute atomic E-state index is 12.6. The van der Waals surface area contributed by atoms with Gasteiger partial charge in [0.05, 0.1) is 19.3 Å². The number of carbonyl (C=O) groups is 2. The lowest BCUT2D eigenvalue weighted by molar-refractivity contribution is -0.125. The second-order valence-electron chi connectivity index (χ2n) is 4.58. The highest BCUT2D eigenvalue weighted by Gasteiger charge is 2.26. The first-order valence-corrected chi connectivity index (χ1v) is 6.78. The summed E-state index contributed by atoms with van der Waals surface area (Å²) in [6.07, 6.45) is 1.15. The van der Waals surface area contributed by atoms with Crippen LogP contribution in [-0.2, 0) is 18.4 Å². The Hall–Kier alpha value is -2.67. The van der Waals surface area contributed by atoms with Crippen molar-refractivity contribution in [2.75, 3.05) is 6.61 Å². The molecule has 2 rings (SSSR count). The minimum Gasteiger partial charge on any atom is -0.478 e. The van der Waals surface area contributed by atoms with Gasteiger partial charge in [0.1, 0.15) is 11.3 Å². The van der Waals surface area contributed by atoms with Gasteiger partial charge < -0.3 is 5.11 Å². The van der Waals surface area contributed by atoms with Gasteiger partial charge in [0.2, 0.25) is 0 Å². The Morgan fingerprint density at radius 3 is 2.59 bits per heavy atom. The Labute approximate surface area is 127 Å². The van der Waals surface area contributed by atoms with Crippen LogP contribution >= 0.6 is 0 Å². The lowest BCUT2D eigenvalue weighted by Gasteiger charge is -2.21. The van der Waals surface area contributed by atoms with Crippen LogP contribution in [-0.4, -0.2) is 38.4 Å². The fraction of sp³-hybridized carbons (Fsp3) is 0.267. The smallest absolute Gasteiger partial charge is 0.339 e. The van der Waals surface area contributed by atoms with E-state index in [1.807, 2.05) is 30.3 Å². The Balaban J connectivity index is 2.31. The normalized spacial score (nSPS) is 10.5. The van der Waals surface area contributed by atoms with Crippen LogP contribution < -0.4 is 0 Å². The zero-order valence-electron chi connectivity index (χ0n) is 12.4. The zero-order valence-corrected chi connectivity index (χ0v) is 12.4. The highest BCUT2D eigenvalue weighted by Crippen LogP contribution is 2.14. The van der Waals surface area contributed by atoms with E-state index in [-0.39, 0.29) is 17.8 Å². The number of carbonyl (C=O) groups excluding carboxylic acids is 1. The molecule has 116 valence electrons. The number of carboxylic acids is 1. The fourth-order valence-corrected chi connectivity index (χ4v) is 2.05. The number of aryl methyl sites for hydroxylation is 1. The summed E-state index contributed by atoms with van der Waals surface area (Å²) in [7, 11) is 1.52. The van der Waals surface area contributed by atoms with E-state index in [1.54, 1.807) is 6.92 Å². The molecule has 1 aromatic carbocycles. The number of nitrogens with zero attached hydrogens (tertiary/aromatic N) is 3. The van der Waals surface area contributed by atoms with Crippen molar-refractivity contribution in [3.05, 3.63) is 53.3 Å². The second kappa shape index (κ2) is 6.86. The molecule has 0 saturated heterocycles. The molecule has 1 heterocycles. The highest BCUT2D eigenvalue weighted by atomic mass is 16.7. The molecule has 0 aliphatic rings. The highest BCUT2D eigenvalue weighted by molar-refractivity contribution is 6.03. The van der Waals surface area contributed by atoms with E-state index >= 15 is 0 Å². The fourth-order valence-electron chi connectivity index (χ4n) is 2.05. The summed E-state index contributed by atoms with van der Waals surface area (Å²) < 4.78 is 1.24. The predicted molar refractivity (Wildman–Crippen MR) is 78.1 cm³/mol. The van der Waals surface area contributed by atoms with Crippen molar-refractivity contribution in [3.8, 4) is 0 Å². The number of rotatable bonds is 6. The predicted octanol–water partition coefficient (Wildman–Crippen LogP) is 1.71. The molecule has 2 aromatic rings. The van der Waals surface area contributed by atoms with Crippen LogP contribution in [0, 0.1) is 0 Å². The van der Waals surface area contributed by atoms with Gasteiger partial charge in [0.25, 0.3) is 5.91 Å². The number of hydrogen-bond donors (Lipinski definition) is 1. The lowest BCUT2D eigenvalue weighted by atomic mass is 10.2. The molecule has 1 aromatic heterocycles. The summed E-state index contributed by atoms with van der Waals surface area (Å²) in [5.74, 6) is -1.74. The van der Waals surface area contributed by atoms with Crippen molar-refractivity contribution in [2.45, 2.75) is 13.5 Å². The largest absolute Gasteiger partial charge is 0.478 e. The van der Waals surface area contributed by atoms with Gasteiger partial charge in [-0.3, -0.25) is 14.3 Å². The molecule has 0 radical (unpaired) electrons. The first-order chi connectivity index (χ1) is 10.5. The van der Waals surface area contributed by atoms with E-state index in [1.165, 1.54) is 11.7 Å². The molecule has 0 spiro atoms. The molecule has 0 aliphatic heterocycles. The van der Waals surface area contributed by atoms with Gasteiger partial charge in [-0.1, -0.05) is 30.3 Å². The van der Waals surface area contributed by atoms with Gasteiger partial charge in [0.15, 0.2) is 0 Å². The standard InChI is InChI=1S/C15H17N3O4/c1-3-22-18(10-11-7-5-4-6-8-11)14(19)13-12(15(20)21)9-16-17(13)2/h4-9H,3,10H2,1-2H3,(H,20,21). The molecule has 0 atom stereocenters. The molecule has 0 bridgehead atoms. The topological polar surface area (TPSA) is 84.7 Å². The minimum atomic E-state index is -1.20. The van der Waals surface area contributed by atoms with E-state index in [0.717, 1.165) is 16.8 Å². The maximum atomic E-state index is 12.6. The van der Waals surface area contributed by atoms with Gasteiger partial charge in [-0.25, -0.2) is 9.86 Å². The van der Waals surface area contributed by atoms with Crippen molar-refractivity contribution < 1.29 is 19.5 Å². The first kappa shape index (κ1) is 15.7. The molecule has 1 N–H and O–H groups in total. The van der Waals surface area contributed by atoms with Gasteiger partial charge in [-0.2, -0.15) is 5.10 Å². The van der Waals surface area contributed by atoms with Crippen molar-refractivity contribution in [1.82, 2.24) is 14.8 Å². The Kier molecular flexibility index (Phi) is 4.90. The molecular weight excluding hydrogens is 286 g/mol. The third-order valence-corrected chi connectivity index (χ3v) is 3.05. The van der Waals surface area contributed by atoms with Gasteiger partial charge in [0, 0.05) is 7.05 Å². The summed E-state index contributed by atoms with van der Waals surface area (Å²) in [4.78, 5) is 29.2. The third kappa shape index (κ3) is 3.32. The van der Waals surface area contributed by atoms with Crippen LogP contribution in [0.3, 0.4) is 0 Å². The number of hydroxylamine groups is 2. The molecule has 0 fully saturated rings. The van der Waals surface area contributed by atoms with E-state index in [2.05, 4.69) is 5.10 Å². The van der Waals surface area contributed by atoms with Crippen LogP contribution in [0.15, 0.2) is 36.5 Å². The van der Waals surface area contributed by atoms with E-state index < -0.39 is 11.9 Å². The summed E-state index contributed by atoms with van der Waals surface area (Å²) in [5, 5.41) is 14.2. The first-order valence-electron chi connectivity index (χ1n) is 6.78. The van der Waals surface area contributed by atoms with E-state index in [0.29, 0.717) is 6.61 Å². The Morgan fingerprint density at radius 1 is 1.32 bits per heavy atom. The maximum Gasteiger partial charge on any atom is 0.339 e. The van der Waals surface area contributed by atoms with Gasteiger partial charge in [-0.05, 0) is 12.5 Å². The summed E-state index contributed by atoms with van der Waals surface area (Å²) in [5.41, 5.74) is 0.713. The molecule has 0 aliphatic carbocycles. The van der Waals surface area contributed by atoms with Crippen molar-refractivity contribution in [2.24, 2.45) is 7.05 Å². The number of aromatic nitrogens is 2. The van der Waals surface area contributed by atoms with Crippen LogP contribution in [0.2, 0.25) is 0 Å². The zero-order chi connectivity index (χ0) is 16.1. The van der Waals surface area contributed by atoms with Crippen molar-refractivity contribution in [3.63, 3.8) is 0 Å². The second-order valence-corrected chi connectivity index (χ2v) is 4.58. The Morgan fingerprint density at radius 2 is 2.00 bits per heavy atom. The van der Waals surface area contributed by atoms with E-state index in [9.17, 15) is 9.59 Å². The minimum absolute atomic E-state index is 0.0168. The van der Waals surface area contributed by atoms with Crippen molar-refractivity contribution in [1.29, 1.82) is 0 Å². The number of carboxylic acid groups (broad SMARTS) is 1. The monoisotopic (exact) mass is 303 g/mol. The SMILES string of the molecule is CCON(Cc1ccccc1)C(=O)c1c(C(=O)O)cnn1C. The lowest BCUT2D eigenvalue weighted by Crippen LogP contribution is -2.33. The van der Waals surface area contributed by atoms with Gasteiger partial charge in [-0.15, -0.1) is 0 Å². The number of benzene rings is 1. The molecule has 0 saturated carbocycles.